The zero-order chi connectivity index (χ0) is 25.0. The maximum atomic E-state index is 13.3. The van der Waals surface area contributed by atoms with Crippen molar-refractivity contribution in [2.24, 2.45) is 0 Å². The van der Waals surface area contributed by atoms with Gasteiger partial charge in [0, 0.05) is 24.6 Å². The largest absolute Gasteiger partial charge is 0.342 e. The van der Waals surface area contributed by atoms with Crippen LogP contribution in [-0.4, -0.2) is 45.7 Å². The van der Waals surface area contributed by atoms with Crippen molar-refractivity contribution in [1.29, 1.82) is 0 Å². The van der Waals surface area contributed by atoms with Crippen molar-refractivity contribution in [2.75, 3.05) is 18.0 Å². The van der Waals surface area contributed by atoms with Gasteiger partial charge < -0.3 is 9.88 Å². The van der Waals surface area contributed by atoms with Crippen LogP contribution in [0.2, 0.25) is 0 Å². The number of imidazole rings is 1. The van der Waals surface area contributed by atoms with Crippen LogP contribution in [0.25, 0.3) is 11.0 Å². The lowest BCUT2D eigenvalue weighted by atomic mass is 9.95. The van der Waals surface area contributed by atoms with Crippen molar-refractivity contribution in [1.82, 2.24) is 14.9 Å². The zero-order valence-electron chi connectivity index (χ0n) is 20.2. The molecular formula is C29H26N4O3. The quantitative estimate of drug-likeness (QED) is 0.420. The molecule has 0 aliphatic carbocycles. The Morgan fingerprint density at radius 1 is 0.917 bits per heavy atom. The minimum Gasteiger partial charge on any atom is -0.342 e. The third kappa shape index (κ3) is 3.59. The molecule has 1 saturated heterocycles. The number of fused-ring (bicyclic) bond motifs is 2. The highest BCUT2D eigenvalue weighted by molar-refractivity contribution is 6.35. The van der Waals surface area contributed by atoms with E-state index in [0.29, 0.717) is 29.9 Å². The Balaban J connectivity index is 1.19. The number of anilines is 1. The Morgan fingerprint density at radius 3 is 2.42 bits per heavy atom. The molecular weight excluding hydrogens is 452 g/mol. The minimum atomic E-state index is -0.389. The Morgan fingerprint density at radius 2 is 1.67 bits per heavy atom. The topological polar surface area (TPSA) is 86.4 Å². The van der Waals surface area contributed by atoms with Gasteiger partial charge in [0.2, 0.25) is 0 Å². The average Bonchev–Trinajstić information content (AvgIpc) is 3.43. The Kier molecular flexibility index (Phi) is 5.21. The number of hydrogen-bond donors (Lipinski definition) is 1. The van der Waals surface area contributed by atoms with E-state index in [4.69, 9.17) is 4.98 Å². The molecule has 0 unspecified atom stereocenters. The lowest BCUT2D eigenvalue weighted by molar-refractivity contribution is 0.0711. The number of H-pyrrole nitrogens is 1. The first-order valence-electron chi connectivity index (χ1n) is 12.2. The number of rotatable bonds is 3. The Bertz CT molecular complexity index is 1510. The molecule has 7 nitrogen and oxygen atoms in total. The van der Waals surface area contributed by atoms with E-state index in [1.54, 1.807) is 24.3 Å². The van der Waals surface area contributed by atoms with Crippen LogP contribution in [0.1, 0.15) is 66.8 Å². The van der Waals surface area contributed by atoms with Gasteiger partial charge in [-0.1, -0.05) is 29.8 Å². The highest BCUT2D eigenvalue weighted by atomic mass is 16.2. The van der Waals surface area contributed by atoms with Crippen molar-refractivity contribution in [2.45, 2.75) is 32.6 Å². The van der Waals surface area contributed by atoms with Crippen LogP contribution < -0.4 is 4.90 Å². The number of para-hydroxylation sites is 2. The highest BCUT2D eigenvalue weighted by Crippen LogP contribution is 2.33. The molecule has 2 aliphatic heterocycles. The molecule has 3 amide bonds. The number of imide groups is 1. The molecule has 36 heavy (non-hydrogen) atoms. The van der Waals surface area contributed by atoms with E-state index in [0.717, 1.165) is 40.8 Å². The first-order chi connectivity index (χ1) is 17.4. The maximum absolute atomic E-state index is 13.3. The van der Waals surface area contributed by atoms with Crippen molar-refractivity contribution in [3.63, 3.8) is 0 Å². The van der Waals surface area contributed by atoms with Gasteiger partial charge in [0.1, 0.15) is 5.82 Å². The fourth-order valence-electron chi connectivity index (χ4n) is 5.35. The fourth-order valence-corrected chi connectivity index (χ4v) is 5.35. The lowest BCUT2D eigenvalue weighted by Crippen LogP contribution is -2.38. The van der Waals surface area contributed by atoms with Crippen molar-refractivity contribution in [3.05, 3.63) is 94.3 Å². The molecule has 4 aromatic rings. The molecule has 0 atom stereocenters. The predicted molar refractivity (Wildman–Crippen MR) is 137 cm³/mol. The number of piperidine rings is 1. The van der Waals surface area contributed by atoms with Crippen LogP contribution in [0.5, 0.6) is 0 Å². The average molecular weight is 479 g/mol. The summed E-state index contributed by atoms with van der Waals surface area (Å²) in [6.45, 7) is 5.07. The Labute approximate surface area is 208 Å². The van der Waals surface area contributed by atoms with Gasteiger partial charge in [-0.15, -0.1) is 0 Å². The van der Waals surface area contributed by atoms with Crippen LogP contribution >= 0.6 is 0 Å². The Hall–Kier alpha value is -4.26. The fraction of sp³-hybridized carbons (Fsp3) is 0.241. The molecule has 3 heterocycles. The number of carbonyl (C=O) groups excluding carboxylic acids is 3. The number of likely N-dealkylation sites (tertiary alicyclic amines) is 1. The standard InChI is InChI=1S/C29H26N4O3/c1-17-7-10-25(18(2)15-17)33-28(35)21-9-8-20(16-22(21)29(33)36)27(34)32-13-11-19(12-14-32)26-30-23-5-3-4-6-24(23)31-26/h3-10,15-16,19H,11-14H2,1-2H3,(H,30,31). The van der Waals surface area contributed by atoms with Crippen molar-refractivity contribution in [3.8, 4) is 0 Å². The molecule has 0 bridgehead atoms. The lowest BCUT2D eigenvalue weighted by Gasteiger charge is -2.31. The molecule has 1 N–H and O–H groups in total. The number of hydrogen-bond acceptors (Lipinski definition) is 4. The van der Waals surface area contributed by atoms with Gasteiger partial charge in [0.15, 0.2) is 0 Å². The van der Waals surface area contributed by atoms with Gasteiger partial charge in [-0.3, -0.25) is 14.4 Å². The van der Waals surface area contributed by atoms with E-state index >= 15 is 0 Å². The number of aromatic amines is 1. The second kappa shape index (κ2) is 8.45. The summed E-state index contributed by atoms with van der Waals surface area (Å²) in [6, 6.07) is 18.4. The van der Waals surface area contributed by atoms with E-state index in [-0.39, 0.29) is 29.2 Å². The summed E-state index contributed by atoms with van der Waals surface area (Å²) in [5, 5.41) is 0. The number of benzene rings is 3. The molecule has 0 saturated carbocycles. The minimum absolute atomic E-state index is 0.119. The number of nitrogens with one attached hydrogen (secondary N) is 1. The van der Waals surface area contributed by atoms with Crippen LogP contribution in [0.15, 0.2) is 60.7 Å². The summed E-state index contributed by atoms with van der Waals surface area (Å²) in [5.74, 6) is 0.377. The summed E-state index contributed by atoms with van der Waals surface area (Å²) in [7, 11) is 0. The summed E-state index contributed by atoms with van der Waals surface area (Å²) in [6.07, 6.45) is 1.63. The summed E-state index contributed by atoms with van der Waals surface area (Å²) >= 11 is 0. The predicted octanol–water partition coefficient (Wildman–Crippen LogP) is 5.00. The van der Waals surface area contributed by atoms with Gasteiger partial charge in [-0.05, 0) is 68.7 Å². The number of aromatic nitrogens is 2. The van der Waals surface area contributed by atoms with E-state index in [1.807, 2.05) is 55.1 Å². The summed E-state index contributed by atoms with van der Waals surface area (Å²) in [4.78, 5) is 50.8. The number of amides is 3. The van der Waals surface area contributed by atoms with Crippen LogP contribution in [0.4, 0.5) is 5.69 Å². The SMILES string of the molecule is Cc1ccc(N2C(=O)c3ccc(C(=O)N4CCC(c5nc6ccccc6[nH]5)CC4)cc3C2=O)c(C)c1. The molecule has 3 aromatic carbocycles. The molecule has 180 valence electrons. The summed E-state index contributed by atoms with van der Waals surface area (Å²) in [5.41, 5.74) is 5.52. The number of carbonyl (C=O) groups is 3. The molecule has 0 spiro atoms. The molecule has 1 fully saturated rings. The normalized spacial score (nSPS) is 16.2. The van der Waals surface area contributed by atoms with E-state index in [9.17, 15) is 14.4 Å². The van der Waals surface area contributed by atoms with Gasteiger partial charge in [-0.25, -0.2) is 9.88 Å². The smallest absolute Gasteiger partial charge is 0.266 e. The summed E-state index contributed by atoms with van der Waals surface area (Å²) < 4.78 is 0. The van der Waals surface area contributed by atoms with E-state index in [2.05, 4.69) is 4.98 Å². The molecule has 6 rings (SSSR count). The van der Waals surface area contributed by atoms with Crippen LogP contribution in [-0.2, 0) is 0 Å². The molecule has 1 aromatic heterocycles. The number of nitrogens with zero attached hydrogens (tertiary/aromatic N) is 3. The molecule has 2 aliphatic rings. The van der Waals surface area contributed by atoms with Crippen LogP contribution in [0.3, 0.4) is 0 Å². The maximum Gasteiger partial charge on any atom is 0.266 e. The second-order valence-corrected chi connectivity index (χ2v) is 9.70. The highest BCUT2D eigenvalue weighted by Gasteiger charge is 2.38. The first kappa shape index (κ1) is 22.2. The third-order valence-corrected chi connectivity index (χ3v) is 7.30. The van der Waals surface area contributed by atoms with Crippen molar-refractivity contribution >= 4 is 34.4 Å². The van der Waals surface area contributed by atoms with Gasteiger partial charge >= 0.3 is 0 Å². The van der Waals surface area contributed by atoms with Gasteiger partial charge in [0.05, 0.1) is 27.8 Å². The molecule has 7 heteroatoms. The van der Waals surface area contributed by atoms with Gasteiger partial charge in [0.25, 0.3) is 17.7 Å². The van der Waals surface area contributed by atoms with Gasteiger partial charge in [-0.2, -0.15) is 0 Å². The van der Waals surface area contributed by atoms with E-state index in [1.165, 1.54) is 4.90 Å². The van der Waals surface area contributed by atoms with Crippen molar-refractivity contribution < 1.29 is 14.4 Å². The van der Waals surface area contributed by atoms with Crippen LogP contribution in [0, 0.1) is 13.8 Å². The molecule has 0 radical (unpaired) electrons. The number of aryl methyl sites for hydroxylation is 2. The zero-order valence-corrected chi connectivity index (χ0v) is 20.2. The third-order valence-electron chi connectivity index (χ3n) is 7.30. The monoisotopic (exact) mass is 478 g/mol. The second-order valence-electron chi connectivity index (χ2n) is 9.70. The first-order valence-corrected chi connectivity index (χ1v) is 12.2. The van der Waals surface area contributed by atoms with E-state index < -0.39 is 0 Å².